The topological polar surface area (TPSA) is 126 Å². The fraction of sp³-hybridized carbons (Fsp3) is 0.163. The van der Waals surface area contributed by atoms with E-state index in [0.717, 1.165) is 39.4 Å². The van der Waals surface area contributed by atoms with Gasteiger partial charge in [-0.3, -0.25) is 34.0 Å². The van der Waals surface area contributed by atoms with Gasteiger partial charge in [-0.1, -0.05) is 36.4 Å². The third kappa shape index (κ3) is 8.24. The van der Waals surface area contributed by atoms with Crippen molar-refractivity contribution >= 4 is 33.5 Å². The first kappa shape index (κ1) is 38.0. The van der Waals surface area contributed by atoms with Crippen LogP contribution in [0.1, 0.15) is 49.1 Å². The molecule has 0 aliphatic heterocycles. The predicted molar refractivity (Wildman–Crippen MR) is 208 cm³/mol. The van der Waals surface area contributed by atoms with Crippen molar-refractivity contribution in [1.29, 1.82) is 0 Å². The Kier molecular flexibility index (Phi) is 11.4. The predicted octanol–water partition coefficient (Wildman–Crippen LogP) is 6.52. The van der Waals surface area contributed by atoms with Crippen molar-refractivity contribution in [3.05, 3.63) is 181 Å². The largest absolute Gasteiger partial charge is 0.494 e. The number of pyridine rings is 4. The van der Waals surface area contributed by atoms with E-state index in [4.69, 9.17) is 9.57 Å². The Morgan fingerprint density at radius 3 is 1.69 bits per heavy atom. The Morgan fingerprint density at radius 1 is 0.691 bits per heavy atom. The highest BCUT2D eigenvalue weighted by atomic mass is 19.1. The minimum atomic E-state index is -0.659. The van der Waals surface area contributed by atoms with Crippen molar-refractivity contribution in [3.8, 4) is 5.75 Å². The third-order valence-electron chi connectivity index (χ3n) is 8.98. The number of ketones is 1. The lowest BCUT2D eigenvalue weighted by atomic mass is 10.0. The minimum Gasteiger partial charge on any atom is -0.494 e. The molecule has 0 spiro atoms. The number of aromatic nitrogens is 4. The summed E-state index contributed by atoms with van der Waals surface area (Å²) in [6.07, 6.45) is 3.10. The van der Waals surface area contributed by atoms with Gasteiger partial charge in [0.05, 0.1) is 55.3 Å². The molecule has 55 heavy (non-hydrogen) atoms. The van der Waals surface area contributed by atoms with E-state index in [-0.39, 0.29) is 33.3 Å². The molecule has 7 rings (SSSR count). The normalized spacial score (nSPS) is 10.9. The number of halogens is 1. The molecule has 1 amide bonds. The van der Waals surface area contributed by atoms with Crippen molar-refractivity contribution in [2.24, 2.45) is 0 Å². The van der Waals surface area contributed by atoms with Crippen molar-refractivity contribution in [2.45, 2.75) is 26.9 Å². The van der Waals surface area contributed by atoms with Crippen molar-refractivity contribution in [1.82, 2.24) is 24.2 Å². The van der Waals surface area contributed by atoms with Crippen LogP contribution in [0, 0.1) is 19.7 Å². The molecule has 0 aliphatic carbocycles. The summed E-state index contributed by atoms with van der Waals surface area (Å²) in [6.45, 7) is 4.68. The summed E-state index contributed by atoms with van der Waals surface area (Å²) in [4.78, 5) is 65.3. The van der Waals surface area contributed by atoms with E-state index in [1.165, 1.54) is 39.6 Å². The fourth-order valence-electron chi connectivity index (χ4n) is 6.21. The fourth-order valence-corrected chi connectivity index (χ4v) is 6.21. The molecule has 11 nitrogen and oxygen atoms in total. The van der Waals surface area contributed by atoms with Crippen LogP contribution in [0.4, 0.5) is 4.39 Å². The number of hydroxylamine groups is 2. The zero-order chi connectivity index (χ0) is 39.2. The van der Waals surface area contributed by atoms with Crippen LogP contribution < -0.4 is 15.6 Å². The minimum absolute atomic E-state index is 0.0223. The first-order valence-corrected chi connectivity index (χ1v) is 17.3. The maximum atomic E-state index is 14.1. The molecule has 0 bridgehead atoms. The molecule has 0 unspecified atom stereocenters. The van der Waals surface area contributed by atoms with Crippen LogP contribution in [0.25, 0.3) is 21.8 Å². The lowest BCUT2D eigenvalue weighted by Crippen LogP contribution is -2.31. The van der Waals surface area contributed by atoms with Gasteiger partial charge in [-0.15, -0.1) is 0 Å². The molecule has 12 heteroatoms. The number of ether oxygens (including phenoxy) is 1. The lowest BCUT2D eigenvalue weighted by molar-refractivity contribution is -0.0758. The molecule has 4 heterocycles. The molecular weight excluding hydrogens is 702 g/mol. The summed E-state index contributed by atoms with van der Waals surface area (Å²) >= 11 is 0. The molecule has 278 valence electrons. The van der Waals surface area contributed by atoms with Crippen LogP contribution in [0.3, 0.4) is 0 Å². The molecule has 4 aromatic heterocycles. The number of carbonyl (C=O) groups is 2. The summed E-state index contributed by atoms with van der Waals surface area (Å²) in [6, 6.07) is 29.7. The highest BCUT2D eigenvalue weighted by Gasteiger charge is 2.20. The van der Waals surface area contributed by atoms with Gasteiger partial charge in [-0.25, -0.2) is 9.45 Å². The van der Waals surface area contributed by atoms with Crippen LogP contribution in [0.2, 0.25) is 0 Å². The second-order valence-electron chi connectivity index (χ2n) is 12.7. The van der Waals surface area contributed by atoms with Gasteiger partial charge in [0, 0.05) is 47.2 Å². The number of hydrogen-bond acceptors (Lipinski definition) is 8. The van der Waals surface area contributed by atoms with Crippen molar-refractivity contribution < 1.29 is 23.6 Å². The van der Waals surface area contributed by atoms with E-state index in [0.29, 0.717) is 29.4 Å². The lowest BCUT2D eigenvalue weighted by Gasteiger charge is -2.16. The standard InChI is InChI=1S/C24H19FN2O3.C19H19N3O3/c1-15-6-5-7-17(26-15)13-27-14-19(24(29)18-8-3-4-9-21(18)27)23(28)16-10-11-22(30-2)20(25)12-16;1-13-7-6-8-14(20-13)11-22-12-16(19(24)21(2)25-3)18(23)15-9-4-5-10-17(15)22/h3-12,14H,13H2,1-2H3;4-10,12H,11H2,1-3H3. The quantitative estimate of drug-likeness (QED) is 0.121. The first-order chi connectivity index (χ1) is 26.5. The maximum Gasteiger partial charge on any atom is 0.282 e. The average Bonchev–Trinajstić information content (AvgIpc) is 3.19. The Balaban J connectivity index is 0.000000190. The molecule has 3 aromatic carbocycles. The summed E-state index contributed by atoms with van der Waals surface area (Å²) in [5.41, 5.74) is 4.34. The van der Waals surface area contributed by atoms with E-state index in [1.807, 2.05) is 83.6 Å². The SMILES string of the molecule is CON(C)C(=O)c1cn(Cc2cccc(C)n2)c2ccccc2c1=O.COc1ccc(C(=O)c2cn(Cc3cccc(C)n3)c3ccccc3c2=O)cc1F. The molecule has 0 atom stereocenters. The molecule has 0 radical (unpaired) electrons. The van der Waals surface area contributed by atoms with E-state index in [2.05, 4.69) is 9.97 Å². The van der Waals surface area contributed by atoms with Gasteiger partial charge in [-0.2, -0.15) is 0 Å². The Labute approximate surface area is 315 Å². The van der Waals surface area contributed by atoms with Crippen LogP contribution in [-0.4, -0.2) is 57.1 Å². The van der Waals surface area contributed by atoms with Crippen molar-refractivity contribution in [2.75, 3.05) is 21.3 Å². The Bertz CT molecular complexity index is 2690. The molecule has 0 saturated carbocycles. The number of carbonyl (C=O) groups excluding carboxylic acids is 2. The monoisotopic (exact) mass is 739 g/mol. The summed E-state index contributed by atoms with van der Waals surface area (Å²) in [5.74, 6) is -1.65. The van der Waals surface area contributed by atoms with Gasteiger partial charge < -0.3 is 13.9 Å². The van der Waals surface area contributed by atoms with E-state index < -0.39 is 17.5 Å². The number of nitrogens with zero attached hydrogens (tertiary/aromatic N) is 5. The van der Waals surface area contributed by atoms with Crippen LogP contribution in [0.5, 0.6) is 5.75 Å². The second-order valence-corrected chi connectivity index (χ2v) is 12.7. The number of fused-ring (bicyclic) bond motifs is 2. The second kappa shape index (κ2) is 16.5. The molecule has 0 fully saturated rings. The molecular formula is C43H38FN5O6. The first-order valence-electron chi connectivity index (χ1n) is 17.3. The van der Waals surface area contributed by atoms with Crippen LogP contribution in [0.15, 0.2) is 125 Å². The average molecular weight is 740 g/mol. The van der Waals surface area contributed by atoms with Gasteiger partial charge in [0.15, 0.2) is 17.3 Å². The molecule has 0 saturated heterocycles. The third-order valence-corrected chi connectivity index (χ3v) is 8.98. The molecule has 0 N–H and O–H groups in total. The number of hydrogen-bond donors (Lipinski definition) is 0. The van der Waals surface area contributed by atoms with Crippen LogP contribution in [-0.2, 0) is 17.9 Å². The number of methoxy groups -OCH3 is 1. The van der Waals surface area contributed by atoms with Gasteiger partial charge >= 0.3 is 0 Å². The van der Waals surface area contributed by atoms with Gasteiger partial charge in [0.1, 0.15) is 5.56 Å². The van der Waals surface area contributed by atoms with E-state index in [1.54, 1.807) is 30.5 Å². The zero-order valence-electron chi connectivity index (χ0n) is 30.9. The van der Waals surface area contributed by atoms with E-state index in [9.17, 15) is 23.6 Å². The number of rotatable bonds is 9. The van der Waals surface area contributed by atoms with Gasteiger partial charge in [-0.05, 0) is 80.6 Å². The highest BCUT2D eigenvalue weighted by molar-refractivity contribution is 6.10. The number of aryl methyl sites for hydroxylation is 2. The summed E-state index contributed by atoms with van der Waals surface area (Å²) in [7, 11) is 4.21. The molecule has 7 aromatic rings. The number of benzene rings is 3. The Hall–Kier alpha value is -6.79. The highest BCUT2D eigenvalue weighted by Crippen LogP contribution is 2.21. The van der Waals surface area contributed by atoms with Gasteiger partial charge in [0.2, 0.25) is 10.9 Å². The van der Waals surface area contributed by atoms with Gasteiger partial charge in [0.25, 0.3) is 5.91 Å². The molecule has 0 aliphatic rings. The zero-order valence-corrected chi connectivity index (χ0v) is 30.9. The van der Waals surface area contributed by atoms with Crippen LogP contribution >= 0.6 is 0 Å². The number of amides is 1. The Morgan fingerprint density at radius 2 is 1.20 bits per heavy atom. The smallest absolute Gasteiger partial charge is 0.282 e. The van der Waals surface area contributed by atoms with Crippen molar-refractivity contribution in [3.63, 3.8) is 0 Å². The summed E-state index contributed by atoms with van der Waals surface area (Å²) < 4.78 is 22.7. The number of para-hydroxylation sites is 2. The summed E-state index contributed by atoms with van der Waals surface area (Å²) in [5, 5.41) is 1.95. The maximum absolute atomic E-state index is 14.1. The van der Waals surface area contributed by atoms with E-state index >= 15 is 0 Å².